The average Bonchev–Trinajstić information content (AvgIpc) is 2.63. The predicted molar refractivity (Wildman–Crippen MR) is 99.7 cm³/mol. The summed E-state index contributed by atoms with van der Waals surface area (Å²) in [6.45, 7) is 4.50. The summed E-state index contributed by atoms with van der Waals surface area (Å²) in [6.07, 6.45) is -4.50. The molecule has 5 nitrogen and oxygen atoms in total. The molecular weight excluding hydrogens is 387 g/mol. The van der Waals surface area contributed by atoms with Crippen molar-refractivity contribution in [3.63, 3.8) is 0 Å². The summed E-state index contributed by atoms with van der Waals surface area (Å²) in [4.78, 5) is 36.0. The SMILES string of the molecule is Cc1cc(C)c(C(=O)COC(=O)CNC(=O)c2ccc(C(F)(F)F)cc2)c(C)c1. The van der Waals surface area contributed by atoms with Gasteiger partial charge in [0.05, 0.1) is 5.56 Å². The van der Waals surface area contributed by atoms with E-state index in [1.165, 1.54) is 0 Å². The van der Waals surface area contributed by atoms with Gasteiger partial charge in [0.1, 0.15) is 6.54 Å². The molecule has 0 aliphatic carbocycles. The number of hydrogen-bond donors (Lipinski definition) is 1. The Bertz CT molecular complexity index is 911. The van der Waals surface area contributed by atoms with Crippen LogP contribution < -0.4 is 5.32 Å². The number of Topliss-reactive ketones (excluding diaryl/α,β-unsaturated/α-hetero) is 1. The first kappa shape index (κ1) is 22.1. The van der Waals surface area contributed by atoms with Crippen molar-refractivity contribution in [2.75, 3.05) is 13.2 Å². The number of benzene rings is 2. The molecule has 1 amide bonds. The minimum atomic E-state index is -4.50. The number of carbonyl (C=O) groups excluding carboxylic acids is 3. The molecule has 0 unspecified atom stereocenters. The minimum absolute atomic E-state index is 0.0345. The monoisotopic (exact) mass is 407 g/mol. The molecule has 2 rings (SSSR count). The zero-order valence-corrected chi connectivity index (χ0v) is 16.1. The van der Waals surface area contributed by atoms with Crippen LogP contribution in [0.15, 0.2) is 36.4 Å². The van der Waals surface area contributed by atoms with Crippen LogP contribution >= 0.6 is 0 Å². The molecule has 0 atom stereocenters. The van der Waals surface area contributed by atoms with E-state index in [1.807, 2.05) is 19.1 Å². The lowest BCUT2D eigenvalue weighted by atomic mass is 9.97. The van der Waals surface area contributed by atoms with E-state index in [0.29, 0.717) is 5.56 Å². The number of amides is 1. The molecule has 8 heteroatoms. The van der Waals surface area contributed by atoms with Gasteiger partial charge in [0.25, 0.3) is 5.91 Å². The Morgan fingerprint density at radius 3 is 2.03 bits per heavy atom. The zero-order chi connectivity index (χ0) is 21.8. The molecule has 0 aliphatic rings. The van der Waals surface area contributed by atoms with Crippen molar-refractivity contribution >= 4 is 17.7 Å². The zero-order valence-electron chi connectivity index (χ0n) is 16.1. The van der Waals surface area contributed by atoms with E-state index in [1.54, 1.807) is 13.8 Å². The molecule has 29 heavy (non-hydrogen) atoms. The highest BCUT2D eigenvalue weighted by Crippen LogP contribution is 2.29. The van der Waals surface area contributed by atoms with Gasteiger partial charge in [-0.15, -0.1) is 0 Å². The fourth-order valence-electron chi connectivity index (χ4n) is 2.95. The second-order valence-corrected chi connectivity index (χ2v) is 6.62. The molecule has 0 spiro atoms. The Labute approximate surface area is 165 Å². The van der Waals surface area contributed by atoms with Crippen LogP contribution in [0.5, 0.6) is 0 Å². The molecule has 0 aliphatic heterocycles. The minimum Gasteiger partial charge on any atom is -0.456 e. The van der Waals surface area contributed by atoms with Gasteiger partial charge in [-0.1, -0.05) is 17.7 Å². The number of ketones is 1. The number of halogens is 3. The molecule has 0 heterocycles. The lowest BCUT2D eigenvalue weighted by molar-refractivity contribution is -0.141. The van der Waals surface area contributed by atoms with Gasteiger partial charge in [-0.3, -0.25) is 14.4 Å². The molecule has 2 aromatic rings. The molecule has 0 bridgehead atoms. The molecule has 0 radical (unpaired) electrons. The third-order valence-electron chi connectivity index (χ3n) is 4.19. The number of rotatable bonds is 6. The number of esters is 1. The molecule has 0 saturated carbocycles. The summed E-state index contributed by atoms with van der Waals surface area (Å²) in [5, 5.41) is 2.24. The van der Waals surface area contributed by atoms with Gasteiger partial charge in [-0.25, -0.2) is 0 Å². The first-order valence-corrected chi connectivity index (χ1v) is 8.71. The fourth-order valence-corrected chi connectivity index (χ4v) is 2.95. The van der Waals surface area contributed by atoms with E-state index in [9.17, 15) is 27.6 Å². The number of alkyl halides is 3. The lowest BCUT2D eigenvalue weighted by Gasteiger charge is -2.11. The van der Waals surface area contributed by atoms with Gasteiger partial charge in [-0.05, 0) is 56.2 Å². The summed E-state index contributed by atoms with van der Waals surface area (Å²) in [6, 6.07) is 7.28. The summed E-state index contributed by atoms with van der Waals surface area (Å²) in [5.74, 6) is -1.92. The highest BCUT2D eigenvalue weighted by atomic mass is 19.4. The maximum atomic E-state index is 12.5. The van der Waals surface area contributed by atoms with Crippen LogP contribution in [-0.4, -0.2) is 30.8 Å². The number of ether oxygens (including phenoxy) is 1. The number of hydrogen-bond acceptors (Lipinski definition) is 4. The molecule has 2 aromatic carbocycles. The number of carbonyl (C=O) groups is 3. The van der Waals surface area contributed by atoms with E-state index in [0.717, 1.165) is 41.0 Å². The third kappa shape index (κ3) is 5.91. The van der Waals surface area contributed by atoms with Crippen molar-refractivity contribution in [2.24, 2.45) is 0 Å². The predicted octanol–water partition coefficient (Wildman–Crippen LogP) is 3.79. The largest absolute Gasteiger partial charge is 0.456 e. The molecule has 0 aromatic heterocycles. The molecule has 0 saturated heterocycles. The van der Waals surface area contributed by atoms with Crippen LogP contribution in [0.3, 0.4) is 0 Å². The van der Waals surface area contributed by atoms with Gasteiger partial charge < -0.3 is 10.1 Å². The van der Waals surface area contributed by atoms with Crippen LogP contribution in [0, 0.1) is 20.8 Å². The van der Waals surface area contributed by atoms with E-state index < -0.39 is 36.8 Å². The normalized spacial score (nSPS) is 11.1. The molecule has 154 valence electrons. The maximum Gasteiger partial charge on any atom is 0.416 e. The lowest BCUT2D eigenvalue weighted by Crippen LogP contribution is -2.31. The highest BCUT2D eigenvalue weighted by molar-refractivity contribution is 6.01. The van der Waals surface area contributed by atoms with Crippen LogP contribution in [0.1, 0.15) is 43.0 Å². The van der Waals surface area contributed by atoms with Crippen LogP contribution in [0.25, 0.3) is 0 Å². The Balaban J connectivity index is 1.87. The van der Waals surface area contributed by atoms with Gasteiger partial charge in [0.15, 0.2) is 6.61 Å². The fraction of sp³-hybridized carbons (Fsp3) is 0.286. The summed E-state index contributed by atoms with van der Waals surface area (Å²) < 4.78 is 42.5. The molecular formula is C21H20F3NO4. The first-order valence-electron chi connectivity index (χ1n) is 8.71. The van der Waals surface area contributed by atoms with Crippen molar-refractivity contribution in [3.8, 4) is 0 Å². The highest BCUT2D eigenvalue weighted by Gasteiger charge is 2.30. The Morgan fingerprint density at radius 2 is 1.52 bits per heavy atom. The van der Waals surface area contributed by atoms with Crippen molar-refractivity contribution in [1.82, 2.24) is 5.32 Å². The van der Waals surface area contributed by atoms with Crippen molar-refractivity contribution < 1.29 is 32.3 Å². The van der Waals surface area contributed by atoms with E-state index >= 15 is 0 Å². The van der Waals surface area contributed by atoms with Gasteiger partial charge in [0, 0.05) is 11.1 Å². The van der Waals surface area contributed by atoms with Gasteiger partial charge >= 0.3 is 12.1 Å². The van der Waals surface area contributed by atoms with Gasteiger partial charge in [0.2, 0.25) is 5.78 Å². The van der Waals surface area contributed by atoms with Crippen molar-refractivity contribution in [2.45, 2.75) is 26.9 Å². The smallest absolute Gasteiger partial charge is 0.416 e. The van der Waals surface area contributed by atoms with Crippen molar-refractivity contribution in [3.05, 3.63) is 69.8 Å². The molecule has 1 N–H and O–H groups in total. The Kier molecular flexibility index (Phi) is 6.79. The van der Waals surface area contributed by atoms with Crippen molar-refractivity contribution in [1.29, 1.82) is 0 Å². The topological polar surface area (TPSA) is 72.5 Å². The third-order valence-corrected chi connectivity index (χ3v) is 4.19. The average molecular weight is 407 g/mol. The van der Waals surface area contributed by atoms with E-state index in [4.69, 9.17) is 4.74 Å². The van der Waals surface area contributed by atoms with E-state index in [-0.39, 0.29) is 11.3 Å². The summed E-state index contributed by atoms with van der Waals surface area (Å²) >= 11 is 0. The second-order valence-electron chi connectivity index (χ2n) is 6.62. The van der Waals surface area contributed by atoms with Crippen LogP contribution in [0.2, 0.25) is 0 Å². The van der Waals surface area contributed by atoms with Gasteiger partial charge in [-0.2, -0.15) is 13.2 Å². The molecule has 0 fully saturated rings. The Morgan fingerprint density at radius 1 is 0.966 bits per heavy atom. The number of nitrogens with one attached hydrogen (secondary N) is 1. The first-order chi connectivity index (χ1) is 13.5. The maximum absolute atomic E-state index is 12.5. The number of aryl methyl sites for hydroxylation is 3. The van der Waals surface area contributed by atoms with E-state index in [2.05, 4.69) is 5.32 Å². The van der Waals surface area contributed by atoms with Crippen LogP contribution in [0.4, 0.5) is 13.2 Å². The Hall–Kier alpha value is -3.16. The quantitative estimate of drug-likeness (QED) is 0.584. The van der Waals surface area contributed by atoms with Crippen LogP contribution in [-0.2, 0) is 15.7 Å². The summed E-state index contributed by atoms with van der Waals surface area (Å²) in [5.41, 5.74) is 2.14. The standard InChI is InChI=1S/C21H20F3NO4/c1-12-8-13(2)19(14(3)9-12)17(26)11-29-18(27)10-25-20(28)15-4-6-16(7-5-15)21(22,23)24/h4-9H,10-11H2,1-3H3,(H,25,28). The summed E-state index contributed by atoms with van der Waals surface area (Å²) in [7, 11) is 0. The second kappa shape index (κ2) is 8.89.